The summed E-state index contributed by atoms with van der Waals surface area (Å²) in [7, 11) is 0. The van der Waals surface area contributed by atoms with Gasteiger partial charge in [-0.05, 0) is 24.5 Å². The molecule has 0 aromatic heterocycles. The average Bonchev–Trinajstić information content (AvgIpc) is 2.56. The molecule has 1 unspecified atom stereocenters. The molecule has 2 rings (SSSR count). The van der Waals surface area contributed by atoms with E-state index in [1.54, 1.807) is 0 Å². The summed E-state index contributed by atoms with van der Waals surface area (Å²) in [5.41, 5.74) is 1.03. The van der Waals surface area contributed by atoms with E-state index < -0.39 is 0 Å². The molecule has 0 N–H and O–H groups in total. The second-order valence-electron chi connectivity index (χ2n) is 3.45. The van der Waals surface area contributed by atoms with Crippen LogP contribution in [0.5, 0.6) is 0 Å². The van der Waals surface area contributed by atoms with Crippen molar-refractivity contribution in [1.29, 1.82) is 0 Å². The van der Waals surface area contributed by atoms with E-state index in [4.69, 9.17) is 16.3 Å². The van der Waals surface area contributed by atoms with Gasteiger partial charge in [0.05, 0.1) is 12.5 Å². The molecule has 1 fully saturated rings. The number of carbonyl (C=O) groups is 1. The van der Waals surface area contributed by atoms with Crippen LogP contribution >= 0.6 is 11.6 Å². The van der Waals surface area contributed by atoms with Crippen LogP contribution in [0.3, 0.4) is 0 Å². The van der Waals surface area contributed by atoms with Crippen molar-refractivity contribution < 1.29 is 9.53 Å². The third-order valence-corrected chi connectivity index (χ3v) is 2.84. The van der Waals surface area contributed by atoms with Crippen molar-refractivity contribution in [3.8, 4) is 0 Å². The Hall–Kier alpha value is -1.02. The van der Waals surface area contributed by atoms with Crippen LogP contribution in [0.1, 0.15) is 12.0 Å². The molecule has 74 valence electrons. The Morgan fingerprint density at radius 3 is 2.86 bits per heavy atom. The van der Waals surface area contributed by atoms with Gasteiger partial charge < -0.3 is 4.74 Å². The summed E-state index contributed by atoms with van der Waals surface area (Å²) >= 11 is 6.00. The highest BCUT2D eigenvalue weighted by molar-refractivity contribution is 6.31. The summed E-state index contributed by atoms with van der Waals surface area (Å²) in [6.07, 6.45) is 1.50. The van der Waals surface area contributed by atoms with Crippen LogP contribution in [0.2, 0.25) is 5.02 Å². The van der Waals surface area contributed by atoms with Gasteiger partial charge in [0.25, 0.3) is 0 Å². The molecule has 3 heteroatoms. The van der Waals surface area contributed by atoms with E-state index in [-0.39, 0.29) is 11.9 Å². The summed E-state index contributed by atoms with van der Waals surface area (Å²) in [5, 5.41) is 0.729. The van der Waals surface area contributed by atoms with E-state index in [2.05, 4.69) is 0 Å². The van der Waals surface area contributed by atoms with Gasteiger partial charge in [0.1, 0.15) is 0 Å². The van der Waals surface area contributed by atoms with Crippen LogP contribution in [0.4, 0.5) is 0 Å². The number of ether oxygens (including phenoxy) is 1. The number of hydrogen-bond donors (Lipinski definition) is 0. The SMILES string of the molecule is O=C1OCCC1Cc1ccccc1Cl. The van der Waals surface area contributed by atoms with Crippen molar-refractivity contribution >= 4 is 17.6 Å². The van der Waals surface area contributed by atoms with E-state index in [9.17, 15) is 4.79 Å². The lowest BCUT2D eigenvalue weighted by Crippen LogP contribution is -2.10. The monoisotopic (exact) mass is 210 g/mol. The molecule has 1 aliphatic heterocycles. The lowest BCUT2D eigenvalue weighted by molar-refractivity contribution is -0.141. The minimum absolute atomic E-state index is 0.00472. The number of rotatable bonds is 2. The minimum Gasteiger partial charge on any atom is -0.465 e. The fourth-order valence-electron chi connectivity index (χ4n) is 1.65. The Balaban J connectivity index is 2.10. The molecule has 14 heavy (non-hydrogen) atoms. The normalized spacial score (nSPS) is 20.9. The first-order valence-corrected chi connectivity index (χ1v) is 5.05. The maximum Gasteiger partial charge on any atom is 0.309 e. The molecule has 2 nitrogen and oxygen atoms in total. The molecule has 0 aliphatic carbocycles. The molecule has 1 saturated heterocycles. The van der Waals surface area contributed by atoms with Gasteiger partial charge in [-0.15, -0.1) is 0 Å². The van der Waals surface area contributed by atoms with Gasteiger partial charge in [0.15, 0.2) is 0 Å². The molecule has 0 saturated carbocycles. The molecule has 1 aromatic rings. The molecular formula is C11H11ClO2. The van der Waals surface area contributed by atoms with Crippen molar-refractivity contribution in [3.05, 3.63) is 34.9 Å². The number of carbonyl (C=O) groups excluding carboxylic acids is 1. The maximum atomic E-state index is 11.2. The molecule has 1 atom stereocenters. The molecule has 0 spiro atoms. The fourth-order valence-corrected chi connectivity index (χ4v) is 1.87. The number of hydrogen-bond acceptors (Lipinski definition) is 2. The summed E-state index contributed by atoms with van der Waals surface area (Å²) < 4.78 is 4.90. The molecule has 1 heterocycles. The predicted octanol–water partition coefficient (Wildman–Crippen LogP) is 2.45. The Morgan fingerprint density at radius 2 is 2.21 bits per heavy atom. The van der Waals surface area contributed by atoms with E-state index in [0.29, 0.717) is 13.0 Å². The van der Waals surface area contributed by atoms with Crippen LogP contribution in [0.15, 0.2) is 24.3 Å². The van der Waals surface area contributed by atoms with Crippen molar-refractivity contribution in [2.45, 2.75) is 12.8 Å². The van der Waals surface area contributed by atoms with Gasteiger partial charge in [-0.2, -0.15) is 0 Å². The average molecular weight is 211 g/mol. The van der Waals surface area contributed by atoms with Gasteiger partial charge in [0.2, 0.25) is 0 Å². The molecule has 0 bridgehead atoms. The molecular weight excluding hydrogens is 200 g/mol. The van der Waals surface area contributed by atoms with Crippen molar-refractivity contribution in [3.63, 3.8) is 0 Å². The predicted molar refractivity (Wildman–Crippen MR) is 54.2 cm³/mol. The van der Waals surface area contributed by atoms with Gasteiger partial charge >= 0.3 is 5.97 Å². The van der Waals surface area contributed by atoms with Gasteiger partial charge in [0, 0.05) is 5.02 Å². The van der Waals surface area contributed by atoms with Gasteiger partial charge in [-0.25, -0.2) is 0 Å². The first-order valence-electron chi connectivity index (χ1n) is 4.67. The molecule has 0 amide bonds. The summed E-state index contributed by atoms with van der Waals surface area (Å²) in [4.78, 5) is 11.2. The van der Waals surface area contributed by atoms with Crippen LogP contribution in [-0.4, -0.2) is 12.6 Å². The quantitative estimate of drug-likeness (QED) is 0.701. The highest BCUT2D eigenvalue weighted by Gasteiger charge is 2.26. The lowest BCUT2D eigenvalue weighted by Gasteiger charge is -2.06. The number of cyclic esters (lactones) is 1. The van der Waals surface area contributed by atoms with E-state index in [0.717, 1.165) is 17.0 Å². The van der Waals surface area contributed by atoms with Crippen LogP contribution < -0.4 is 0 Å². The van der Waals surface area contributed by atoms with Crippen LogP contribution in [0.25, 0.3) is 0 Å². The molecule has 1 aromatic carbocycles. The Labute approximate surface area is 87.8 Å². The fraction of sp³-hybridized carbons (Fsp3) is 0.364. The van der Waals surface area contributed by atoms with Crippen molar-refractivity contribution in [2.75, 3.05) is 6.61 Å². The van der Waals surface area contributed by atoms with E-state index in [1.807, 2.05) is 24.3 Å². The second kappa shape index (κ2) is 4.01. The first-order chi connectivity index (χ1) is 6.77. The largest absolute Gasteiger partial charge is 0.465 e. The zero-order valence-corrected chi connectivity index (χ0v) is 8.46. The van der Waals surface area contributed by atoms with E-state index in [1.165, 1.54) is 0 Å². The topological polar surface area (TPSA) is 26.3 Å². The van der Waals surface area contributed by atoms with Crippen LogP contribution in [0, 0.1) is 5.92 Å². The Kier molecular flexibility index (Phi) is 2.73. The number of esters is 1. The third-order valence-electron chi connectivity index (χ3n) is 2.47. The standard InChI is InChI=1S/C11H11ClO2/c12-10-4-2-1-3-8(10)7-9-5-6-14-11(9)13/h1-4,9H,5-7H2. The smallest absolute Gasteiger partial charge is 0.309 e. The highest BCUT2D eigenvalue weighted by atomic mass is 35.5. The second-order valence-corrected chi connectivity index (χ2v) is 3.86. The Bertz CT molecular complexity index is 349. The molecule has 1 aliphatic rings. The number of halogens is 1. The maximum absolute atomic E-state index is 11.2. The Morgan fingerprint density at radius 1 is 1.43 bits per heavy atom. The van der Waals surface area contributed by atoms with Gasteiger partial charge in [-0.3, -0.25) is 4.79 Å². The van der Waals surface area contributed by atoms with Gasteiger partial charge in [-0.1, -0.05) is 29.8 Å². The minimum atomic E-state index is -0.0927. The van der Waals surface area contributed by atoms with Crippen molar-refractivity contribution in [1.82, 2.24) is 0 Å². The van der Waals surface area contributed by atoms with Crippen LogP contribution in [-0.2, 0) is 16.0 Å². The summed E-state index contributed by atoms with van der Waals surface area (Å²) in [6, 6.07) is 7.62. The summed E-state index contributed by atoms with van der Waals surface area (Å²) in [6.45, 7) is 0.550. The third kappa shape index (κ3) is 1.90. The zero-order valence-electron chi connectivity index (χ0n) is 7.70. The zero-order chi connectivity index (χ0) is 9.97. The highest BCUT2D eigenvalue weighted by Crippen LogP contribution is 2.24. The first kappa shape index (κ1) is 9.53. The lowest BCUT2D eigenvalue weighted by atomic mass is 9.98. The molecule has 0 radical (unpaired) electrons. The summed E-state index contributed by atoms with van der Waals surface area (Å²) in [5.74, 6) is -0.0974. The number of benzene rings is 1. The van der Waals surface area contributed by atoms with Crippen molar-refractivity contribution in [2.24, 2.45) is 5.92 Å². The van der Waals surface area contributed by atoms with E-state index >= 15 is 0 Å².